The van der Waals surface area contributed by atoms with Crippen molar-refractivity contribution in [2.24, 2.45) is 5.92 Å². The SMILES string of the molecule is c1cc(CCN2CCC[C@H](Cn3ccnn3)C2)ccn1. The van der Waals surface area contributed by atoms with Gasteiger partial charge in [-0.05, 0) is 49.4 Å². The number of nitrogens with zero attached hydrogens (tertiary/aromatic N) is 5. The Balaban J connectivity index is 1.48. The van der Waals surface area contributed by atoms with Gasteiger partial charge in [0.15, 0.2) is 0 Å². The second kappa shape index (κ2) is 6.61. The molecular weight excluding hydrogens is 250 g/mol. The van der Waals surface area contributed by atoms with E-state index in [1.165, 1.54) is 31.5 Å². The number of likely N-dealkylation sites (tertiary alicyclic amines) is 1. The third-order valence-corrected chi connectivity index (χ3v) is 3.99. The van der Waals surface area contributed by atoms with Crippen LogP contribution in [0.4, 0.5) is 0 Å². The van der Waals surface area contributed by atoms with Gasteiger partial charge in [0.2, 0.25) is 0 Å². The highest BCUT2D eigenvalue weighted by Crippen LogP contribution is 2.18. The van der Waals surface area contributed by atoms with Gasteiger partial charge < -0.3 is 4.90 Å². The molecule has 0 radical (unpaired) electrons. The normalized spacial score (nSPS) is 20.1. The molecule has 3 rings (SSSR count). The second-order valence-corrected chi connectivity index (χ2v) is 5.54. The smallest absolute Gasteiger partial charge is 0.0692 e. The summed E-state index contributed by atoms with van der Waals surface area (Å²) in [6.07, 6.45) is 11.2. The van der Waals surface area contributed by atoms with Gasteiger partial charge in [0.1, 0.15) is 0 Å². The summed E-state index contributed by atoms with van der Waals surface area (Å²) >= 11 is 0. The van der Waals surface area contributed by atoms with E-state index in [2.05, 4.69) is 32.3 Å². The largest absolute Gasteiger partial charge is 0.303 e. The van der Waals surface area contributed by atoms with Gasteiger partial charge in [0.25, 0.3) is 0 Å². The maximum atomic E-state index is 4.07. The molecule has 0 bridgehead atoms. The third kappa shape index (κ3) is 3.63. The van der Waals surface area contributed by atoms with Crippen LogP contribution < -0.4 is 0 Å². The Morgan fingerprint density at radius 1 is 1.20 bits per heavy atom. The van der Waals surface area contributed by atoms with Crippen LogP contribution >= 0.6 is 0 Å². The quantitative estimate of drug-likeness (QED) is 0.829. The zero-order chi connectivity index (χ0) is 13.6. The molecule has 1 atom stereocenters. The lowest BCUT2D eigenvalue weighted by molar-refractivity contribution is 0.161. The predicted octanol–water partition coefficient (Wildman–Crippen LogP) is 1.63. The topological polar surface area (TPSA) is 46.8 Å². The summed E-state index contributed by atoms with van der Waals surface area (Å²) in [5.74, 6) is 0.697. The van der Waals surface area contributed by atoms with Crippen LogP contribution in [-0.2, 0) is 13.0 Å². The molecule has 5 heteroatoms. The Kier molecular flexibility index (Phi) is 4.38. The summed E-state index contributed by atoms with van der Waals surface area (Å²) in [4.78, 5) is 6.64. The number of aromatic nitrogens is 4. The van der Waals surface area contributed by atoms with E-state index >= 15 is 0 Å². The first-order chi connectivity index (χ1) is 9.90. The maximum Gasteiger partial charge on any atom is 0.0692 e. The van der Waals surface area contributed by atoms with Crippen LogP contribution in [0.25, 0.3) is 0 Å². The summed E-state index contributed by atoms with van der Waals surface area (Å²) in [7, 11) is 0. The van der Waals surface area contributed by atoms with E-state index in [-0.39, 0.29) is 0 Å². The lowest BCUT2D eigenvalue weighted by Crippen LogP contribution is -2.38. The Bertz CT molecular complexity index is 496. The van der Waals surface area contributed by atoms with E-state index in [9.17, 15) is 0 Å². The fourth-order valence-corrected chi connectivity index (χ4v) is 2.93. The number of piperidine rings is 1. The van der Waals surface area contributed by atoms with E-state index in [4.69, 9.17) is 0 Å². The van der Waals surface area contributed by atoms with Crippen molar-refractivity contribution < 1.29 is 0 Å². The standard InChI is InChI=1S/C15H21N5/c1-2-15(13-20-11-8-17-18-20)12-19(9-1)10-5-14-3-6-16-7-4-14/h3-4,6-8,11,15H,1-2,5,9-10,12-13H2/t15-/m0/s1. The van der Waals surface area contributed by atoms with Crippen molar-refractivity contribution in [1.29, 1.82) is 0 Å². The van der Waals surface area contributed by atoms with E-state index in [1.54, 1.807) is 6.20 Å². The van der Waals surface area contributed by atoms with Gasteiger partial charge in [0.05, 0.1) is 6.20 Å². The van der Waals surface area contributed by atoms with E-state index in [0.717, 1.165) is 19.5 Å². The van der Waals surface area contributed by atoms with Gasteiger partial charge in [0, 0.05) is 38.2 Å². The van der Waals surface area contributed by atoms with Crippen molar-refractivity contribution in [2.75, 3.05) is 19.6 Å². The third-order valence-electron chi connectivity index (χ3n) is 3.99. The van der Waals surface area contributed by atoms with Gasteiger partial charge in [-0.2, -0.15) is 0 Å². The number of hydrogen-bond acceptors (Lipinski definition) is 4. The minimum atomic E-state index is 0.697. The van der Waals surface area contributed by atoms with E-state index in [1.807, 2.05) is 23.3 Å². The van der Waals surface area contributed by atoms with Crippen LogP contribution in [0.15, 0.2) is 36.9 Å². The van der Waals surface area contributed by atoms with Crippen molar-refractivity contribution >= 4 is 0 Å². The molecule has 2 aromatic rings. The maximum absolute atomic E-state index is 4.07. The highest BCUT2D eigenvalue weighted by Gasteiger charge is 2.20. The highest BCUT2D eigenvalue weighted by atomic mass is 15.4. The summed E-state index contributed by atoms with van der Waals surface area (Å²) in [5.41, 5.74) is 1.37. The van der Waals surface area contributed by atoms with Crippen LogP contribution in [0.3, 0.4) is 0 Å². The lowest BCUT2D eigenvalue weighted by Gasteiger charge is -2.32. The van der Waals surface area contributed by atoms with Crippen molar-refractivity contribution in [3.63, 3.8) is 0 Å². The first-order valence-corrected chi connectivity index (χ1v) is 7.35. The molecule has 0 N–H and O–H groups in total. The summed E-state index contributed by atoms with van der Waals surface area (Å²) in [6.45, 7) is 4.52. The van der Waals surface area contributed by atoms with Gasteiger partial charge in [-0.1, -0.05) is 5.21 Å². The Morgan fingerprint density at radius 2 is 2.10 bits per heavy atom. The molecule has 0 spiro atoms. The molecule has 0 unspecified atom stereocenters. The van der Waals surface area contributed by atoms with Crippen molar-refractivity contribution in [1.82, 2.24) is 24.9 Å². The molecule has 1 aliphatic heterocycles. The molecule has 0 saturated carbocycles. The zero-order valence-corrected chi connectivity index (χ0v) is 11.7. The number of hydrogen-bond donors (Lipinski definition) is 0. The van der Waals surface area contributed by atoms with Gasteiger partial charge in [-0.3, -0.25) is 9.67 Å². The minimum absolute atomic E-state index is 0.697. The van der Waals surface area contributed by atoms with Crippen LogP contribution in [0.1, 0.15) is 18.4 Å². The Labute approximate surface area is 119 Å². The van der Waals surface area contributed by atoms with Crippen LogP contribution in [0, 0.1) is 5.92 Å². The average Bonchev–Trinajstić information content (AvgIpc) is 3.00. The van der Waals surface area contributed by atoms with E-state index in [0.29, 0.717) is 5.92 Å². The van der Waals surface area contributed by atoms with Crippen LogP contribution in [-0.4, -0.2) is 44.5 Å². The molecule has 2 aromatic heterocycles. The summed E-state index contributed by atoms with van der Waals surface area (Å²) in [6, 6.07) is 4.22. The molecule has 1 fully saturated rings. The monoisotopic (exact) mass is 271 g/mol. The van der Waals surface area contributed by atoms with E-state index < -0.39 is 0 Å². The van der Waals surface area contributed by atoms with Crippen molar-refractivity contribution in [3.8, 4) is 0 Å². The number of rotatable bonds is 5. The van der Waals surface area contributed by atoms with Crippen molar-refractivity contribution in [3.05, 3.63) is 42.5 Å². The van der Waals surface area contributed by atoms with Crippen LogP contribution in [0.5, 0.6) is 0 Å². The summed E-state index contributed by atoms with van der Waals surface area (Å²) in [5, 5.41) is 7.95. The fraction of sp³-hybridized carbons (Fsp3) is 0.533. The molecule has 106 valence electrons. The predicted molar refractivity (Wildman–Crippen MR) is 77.1 cm³/mol. The van der Waals surface area contributed by atoms with Crippen molar-refractivity contribution in [2.45, 2.75) is 25.8 Å². The van der Waals surface area contributed by atoms with Gasteiger partial charge in [-0.25, -0.2) is 0 Å². The molecule has 0 amide bonds. The molecule has 1 saturated heterocycles. The second-order valence-electron chi connectivity index (χ2n) is 5.54. The molecule has 5 nitrogen and oxygen atoms in total. The number of pyridine rings is 1. The molecule has 20 heavy (non-hydrogen) atoms. The first-order valence-electron chi connectivity index (χ1n) is 7.35. The summed E-state index contributed by atoms with van der Waals surface area (Å²) < 4.78 is 1.96. The fourth-order valence-electron chi connectivity index (χ4n) is 2.93. The Hall–Kier alpha value is -1.75. The minimum Gasteiger partial charge on any atom is -0.303 e. The zero-order valence-electron chi connectivity index (χ0n) is 11.7. The molecule has 0 aromatic carbocycles. The Morgan fingerprint density at radius 3 is 2.90 bits per heavy atom. The molecule has 0 aliphatic carbocycles. The van der Waals surface area contributed by atoms with Gasteiger partial charge >= 0.3 is 0 Å². The highest BCUT2D eigenvalue weighted by molar-refractivity contribution is 5.09. The van der Waals surface area contributed by atoms with Crippen LogP contribution in [0.2, 0.25) is 0 Å². The molecular formula is C15H21N5. The van der Waals surface area contributed by atoms with Gasteiger partial charge in [-0.15, -0.1) is 5.10 Å². The first kappa shape index (κ1) is 13.2. The lowest BCUT2D eigenvalue weighted by atomic mass is 9.97. The average molecular weight is 271 g/mol. The molecule has 1 aliphatic rings. The molecule has 3 heterocycles.